The topological polar surface area (TPSA) is 66.6 Å². The molecule has 3 N–H and O–H groups in total. The number of carboxylic acids is 1. The highest BCUT2D eigenvalue weighted by Crippen LogP contribution is 2.28. The number of carboxylic acid groups (broad SMARTS) is 1. The predicted octanol–water partition coefficient (Wildman–Crippen LogP) is 1.30. The van der Waals surface area contributed by atoms with Gasteiger partial charge in [0.05, 0.1) is 0 Å². The van der Waals surface area contributed by atoms with Crippen molar-refractivity contribution in [2.24, 2.45) is 11.7 Å². The van der Waals surface area contributed by atoms with E-state index in [4.69, 9.17) is 10.8 Å². The quantitative estimate of drug-likeness (QED) is 0.689. The van der Waals surface area contributed by atoms with Crippen LogP contribution in [0, 0.1) is 5.92 Å². The molecule has 0 amide bonds. The van der Waals surface area contributed by atoms with Crippen LogP contribution in [0.25, 0.3) is 0 Å². The Morgan fingerprint density at radius 2 is 2.12 bits per heavy atom. The number of rotatable bonds is 7. The minimum Gasteiger partial charge on any atom is -0.480 e. The lowest BCUT2D eigenvalue weighted by atomic mass is 9.99. The summed E-state index contributed by atoms with van der Waals surface area (Å²) in [6.45, 7) is 7.81. The van der Waals surface area contributed by atoms with Crippen molar-refractivity contribution in [3.05, 3.63) is 0 Å². The molecule has 0 radical (unpaired) electrons. The van der Waals surface area contributed by atoms with Crippen molar-refractivity contribution in [3.8, 4) is 0 Å². The standard InChI is InChI=1S/C12H24N2O2/c1-9(2)8-14(10-4-5-10)7-6-12(3,13)11(15)16/h9-10H,4-8,13H2,1-3H3,(H,15,16). The molecule has 1 aliphatic rings. The zero-order valence-electron chi connectivity index (χ0n) is 10.6. The third-order valence-electron chi connectivity index (χ3n) is 3.07. The van der Waals surface area contributed by atoms with Crippen LogP contribution in [0.4, 0.5) is 0 Å². The molecule has 1 fully saturated rings. The third kappa shape index (κ3) is 4.10. The van der Waals surface area contributed by atoms with Crippen LogP contribution in [0.3, 0.4) is 0 Å². The van der Waals surface area contributed by atoms with Crippen LogP contribution in [0.2, 0.25) is 0 Å². The number of carbonyl (C=O) groups is 1. The Bertz CT molecular complexity index is 247. The van der Waals surface area contributed by atoms with Crippen LogP contribution in [0.5, 0.6) is 0 Å². The average Bonchev–Trinajstić information content (AvgIpc) is 2.94. The molecular formula is C12H24N2O2. The summed E-state index contributed by atoms with van der Waals surface area (Å²) in [5.74, 6) is -0.290. The van der Waals surface area contributed by atoms with Crippen LogP contribution in [-0.2, 0) is 4.79 Å². The summed E-state index contributed by atoms with van der Waals surface area (Å²) in [6.07, 6.45) is 3.02. The maximum absolute atomic E-state index is 10.9. The second-order valence-corrected chi connectivity index (χ2v) is 5.59. The van der Waals surface area contributed by atoms with Crippen molar-refractivity contribution in [1.82, 2.24) is 4.90 Å². The fourth-order valence-corrected chi connectivity index (χ4v) is 1.81. The molecule has 16 heavy (non-hydrogen) atoms. The first kappa shape index (κ1) is 13.5. The van der Waals surface area contributed by atoms with E-state index in [9.17, 15) is 4.79 Å². The lowest BCUT2D eigenvalue weighted by Crippen LogP contribution is -2.48. The van der Waals surface area contributed by atoms with E-state index in [0.717, 1.165) is 13.1 Å². The van der Waals surface area contributed by atoms with E-state index in [2.05, 4.69) is 18.7 Å². The van der Waals surface area contributed by atoms with Gasteiger partial charge in [0.2, 0.25) is 0 Å². The highest BCUT2D eigenvalue weighted by Gasteiger charge is 2.33. The molecule has 1 rings (SSSR count). The highest BCUT2D eigenvalue weighted by molar-refractivity contribution is 5.77. The predicted molar refractivity (Wildman–Crippen MR) is 64.3 cm³/mol. The Morgan fingerprint density at radius 1 is 1.56 bits per heavy atom. The van der Waals surface area contributed by atoms with Gasteiger partial charge in [-0.25, -0.2) is 0 Å². The average molecular weight is 228 g/mol. The summed E-state index contributed by atoms with van der Waals surface area (Å²) < 4.78 is 0. The Kier molecular flexibility index (Phi) is 4.33. The van der Waals surface area contributed by atoms with Gasteiger partial charge >= 0.3 is 5.97 Å². The molecular weight excluding hydrogens is 204 g/mol. The molecule has 4 heteroatoms. The molecule has 4 nitrogen and oxygen atoms in total. The molecule has 1 unspecified atom stereocenters. The third-order valence-corrected chi connectivity index (χ3v) is 3.07. The second-order valence-electron chi connectivity index (χ2n) is 5.59. The summed E-state index contributed by atoms with van der Waals surface area (Å²) in [4.78, 5) is 13.3. The molecule has 0 aliphatic heterocycles. The van der Waals surface area contributed by atoms with Gasteiger partial charge in [-0.2, -0.15) is 0 Å². The van der Waals surface area contributed by atoms with Crippen LogP contribution in [0.15, 0.2) is 0 Å². The van der Waals surface area contributed by atoms with Crippen molar-refractivity contribution in [1.29, 1.82) is 0 Å². The van der Waals surface area contributed by atoms with E-state index in [0.29, 0.717) is 18.4 Å². The number of hydrogen-bond acceptors (Lipinski definition) is 3. The van der Waals surface area contributed by atoms with Gasteiger partial charge in [-0.05, 0) is 32.1 Å². The van der Waals surface area contributed by atoms with Crippen molar-refractivity contribution in [2.45, 2.75) is 51.6 Å². The molecule has 94 valence electrons. The molecule has 0 aromatic rings. The van der Waals surface area contributed by atoms with Crippen molar-refractivity contribution in [2.75, 3.05) is 13.1 Å². The molecule has 0 aromatic heterocycles. The fraction of sp³-hybridized carbons (Fsp3) is 0.917. The molecule has 0 aromatic carbocycles. The fourth-order valence-electron chi connectivity index (χ4n) is 1.81. The number of aliphatic carboxylic acids is 1. The molecule has 1 aliphatic carbocycles. The lowest BCUT2D eigenvalue weighted by Gasteiger charge is -2.27. The first-order valence-corrected chi connectivity index (χ1v) is 6.09. The molecule has 0 saturated heterocycles. The minimum absolute atomic E-state index is 0.519. The van der Waals surface area contributed by atoms with Gasteiger partial charge in [0.25, 0.3) is 0 Å². The van der Waals surface area contributed by atoms with Gasteiger partial charge in [-0.1, -0.05) is 13.8 Å². The van der Waals surface area contributed by atoms with Gasteiger partial charge in [-0.15, -0.1) is 0 Å². The number of nitrogens with zero attached hydrogens (tertiary/aromatic N) is 1. The summed E-state index contributed by atoms with van der Waals surface area (Å²) in [7, 11) is 0. The van der Waals surface area contributed by atoms with E-state index in [1.165, 1.54) is 12.8 Å². The maximum atomic E-state index is 10.9. The Hall–Kier alpha value is -0.610. The van der Waals surface area contributed by atoms with Crippen molar-refractivity contribution in [3.63, 3.8) is 0 Å². The summed E-state index contributed by atoms with van der Waals surface area (Å²) >= 11 is 0. The van der Waals surface area contributed by atoms with Crippen LogP contribution in [0.1, 0.15) is 40.0 Å². The molecule has 0 spiro atoms. The number of hydrogen-bond donors (Lipinski definition) is 2. The van der Waals surface area contributed by atoms with E-state index in [1.54, 1.807) is 6.92 Å². The number of nitrogens with two attached hydrogens (primary N) is 1. The van der Waals surface area contributed by atoms with Crippen molar-refractivity contribution >= 4 is 5.97 Å². The Morgan fingerprint density at radius 3 is 2.50 bits per heavy atom. The lowest BCUT2D eigenvalue weighted by molar-refractivity contribution is -0.143. The molecule has 0 heterocycles. The Balaban J connectivity index is 2.40. The highest BCUT2D eigenvalue weighted by atomic mass is 16.4. The van der Waals surface area contributed by atoms with Crippen molar-refractivity contribution < 1.29 is 9.90 Å². The second kappa shape index (κ2) is 5.15. The monoisotopic (exact) mass is 228 g/mol. The van der Waals surface area contributed by atoms with Gasteiger partial charge in [0.15, 0.2) is 0 Å². The van der Waals surface area contributed by atoms with E-state index >= 15 is 0 Å². The van der Waals surface area contributed by atoms with Crippen LogP contribution < -0.4 is 5.73 Å². The summed E-state index contributed by atoms with van der Waals surface area (Å²) in [5.41, 5.74) is 4.64. The van der Waals surface area contributed by atoms with Gasteiger partial charge in [-0.3, -0.25) is 4.79 Å². The molecule has 1 saturated carbocycles. The van der Waals surface area contributed by atoms with Crippen LogP contribution in [-0.4, -0.2) is 40.6 Å². The molecule has 1 atom stereocenters. The normalized spacial score (nSPS) is 20.1. The Labute approximate surface area is 97.8 Å². The SMILES string of the molecule is CC(C)CN(CCC(C)(N)C(=O)O)C1CC1. The van der Waals surface area contributed by atoms with E-state index in [1.807, 2.05) is 0 Å². The van der Waals surface area contributed by atoms with Gasteiger partial charge in [0.1, 0.15) is 5.54 Å². The maximum Gasteiger partial charge on any atom is 0.323 e. The summed E-state index contributed by atoms with van der Waals surface area (Å²) in [5, 5.41) is 8.95. The molecule has 0 bridgehead atoms. The minimum atomic E-state index is -1.09. The zero-order chi connectivity index (χ0) is 12.3. The smallest absolute Gasteiger partial charge is 0.323 e. The van der Waals surface area contributed by atoms with Crippen LogP contribution >= 0.6 is 0 Å². The van der Waals surface area contributed by atoms with Gasteiger partial charge < -0.3 is 15.7 Å². The first-order valence-electron chi connectivity index (χ1n) is 6.09. The summed E-state index contributed by atoms with van der Waals surface area (Å²) in [6, 6.07) is 0.673. The zero-order valence-corrected chi connectivity index (χ0v) is 10.6. The largest absolute Gasteiger partial charge is 0.480 e. The van der Waals surface area contributed by atoms with E-state index < -0.39 is 11.5 Å². The first-order chi connectivity index (χ1) is 7.33. The van der Waals surface area contributed by atoms with E-state index in [-0.39, 0.29) is 0 Å². The van der Waals surface area contributed by atoms with Gasteiger partial charge in [0, 0.05) is 19.1 Å².